The number of nitrogens with one attached hydrogen (secondary N) is 1. The number of aromatic amines is 1. The van der Waals surface area contributed by atoms with Crippen LogP contribution in [0.25, 0.3) is 0 Å². The van der Waals surface area contributed by atoms with E-state index in [2.05, 4.69) is 9.97 Å². The van der Waals surface area contributed by atoms with Gasteiger partial charge >= 0.3 is 0 Å². The minimum atomic E-state index is -0.816. The van der Waals surface area contributed by atoms with Gasteiger partial charge in [0.25, 0.3) is 0 Å². The quantitative estimate of drug-likeness (QED) is 0.847. The molecule has 0 aromatic carbocycles. The Morgan fingerprint density at radius 2 is 2.08 bits per heavy atom. The maximum Gasteiger partial charge on any atom is 0.242 e. The van der Waals surface area contributed by atoms with Crippen LogP contribution in [0.4, 0.5) is 0 Å². The number of nitrogens with zero attached hydrogens (tertiary/aromatic N) is 3. The van der Waals surface area contributed by atoms with Crippen LogP contribution in [-0.4, -0.2) is 63.3 Å². The lowest BCUT2D eigenvalue weighted by Crippen LogP contribution is -2.57. The Morgan fingerprint density at radius 1 is 1.36 bits per heavy atom. The average molecular weight is 347 g/mol. The number of rotatable bonds is 4. The molecule has 3 rings (SSSR count). The lowest BCUT2D eigenvalue weighted by Gasteiger charge is -2.48. The number of imidazole rings is 1. The topological polar surface area (TPSA) is 95.3 Å². The average Bonchev–Trinajstić information content (AvgIpc) is 3.09. The van der Waals surface area contributed by atoms with Crippen molar-refractivity contribution in [1.82, 2.24) is 19.8 Å². The van der Waals surface area contributed by atoms with Gasteiger partial charge in [-0.2, -0.15) is 0 Å². The summed E-state index contributed by atoms with van der Waals surface area (Å²) in [5, 5.41) is 0. The van der Waals surface area contributed by atoms with Crippen LogP contribution in [0.15, 0.2) is 12.5 Å². The fraction of sp³-hybridized carbons (Fsp3) is 0.722. The van der Waals surface area contributed by atoms with Gasteiger partial charge in [-0.3, -0.25) is 9.59 Å². The maximum atomic E-state index is 12.4. The van der Waals surface area contributed by atoms with Gasteiger partial charge in [0.05, 0.1) is 11.9 Å². The molecule has 1 spiro atoms. The van der Waals surface area contributed by atoms with Gasteiger partial charge in [-0.05, 0) is 38.5 Å². The summed E-state index contributed by atoms with van der Waals surface area (Å²) in [5.74, 6) is 0.261. The molecule has 0 radical (unpaired) electrons. The van der Waals surface area contributed by atoms with Crippen LogP contribution >= 0.6 is 0 Å². The van der Waals surface area contributed by atoms with Gasteiger partial charge in [-0.1, -0.05) is 0 Å². The van der Waals surface area contributed by atoms with E-state index in [1.54, 1.807) is 20.2 Å². The molecule has 0 bridgehead atoms. The molecule has 3 heterocycles. The van der Waals surface area contributed by atoms with Crippen molar-refractivity contribution in [2.45, 2.75) is 51.5 Å². The molecule has 7 nitrogen and oxygen atoms in total. The minimum absolute atomic E-state index is 0.0188. The summed E-state index contributed by atoms with van der Waals surface area (Å²) < 4.78 is 0. The van der Waals surface area contributed by atoms with Gasteiger partial charge in [0.15, 0.2) is 0 Å². The maximum absolute atomic E-state index is 12.4. The summed E-state index contributed by atoms with van der Waals surface area (Å²) >= 11 is 0. The first kappa shape index (κ1) is 17.9. The predicted octanol–water partition coefficient (Wildman–Crippen LogP) is 0.921. The molecule has 1 aromatic rings. The number of carbonyl (C=O) groups excluding carboxylic acids is 2. The summed E-state index contributed by atoms with van der Waals surface area (Å²) in [6.45, 7) is 6.52. The second kappa shape index (κ2) is 6.78. The monoisotopic (exact) mass is 347 g/mol. The van der Waals surface area contributed by atoms with Gasteiger partial charge in [0, 0.05) is 50.9 Å². The highest BCUT2D eigenvalue weighted by atomic mass is 16.2. The van der Waals surface area contributed by atoms with Crippen LogP contribution in [0.2, 0.25) is 0 Å². The van der Waals surface area contributed by atoms with E-state index in [9.17, 15) is 9.59 Å². The van der Waals surface area contributed by atoms with Crippen molar-refractivity contribution in [3.8, 4) is 0 Å². The second-order valence-corrected chi connectivity index (χ2v) is 8.16. The first-order valence-electron chi connectivity index (χ1n) is 9.12. The largest absolute Gasteiger partial charge is 0.348 e. The molecule has 138 valence electrons. The van der Waals surface area contributed by atoms with Crippen LogP contribution < -0.4 is 5.73 Å². The molecule has 2 saturated heterocycles. The van der Waals surface area contributed by atoms with Crippen LogP contribution in [0, 0.1) is 5.41 Å². The molecule has 3 N–H and O–H groups in total. The number of carbonyl (C=O) groups is 2. The predicted molar refractivity (Wildman–Crippen MR) is 94.6 cm³/mol. The molecule has 2 amide bonds. The highest BCUT2D eigenvalue weighted by molar-refractivity contribution is 5.85. The van der Waals surface area contributed by atoms with Crippen LogP contribution in [0.5, 0.6) is 0 Å². The van der Waals surface area contributed by atoms with E-state index in [0.29, 0.717) is 6.42 Å². The molecule has 0 unspecified atom stereocenters. The van der Waals surface area contributed by atoms with Crippen LogP contribution in [0.1, 0.15) is 45.2 Å². The van der Waals surface area contributed by atoms with Crippen molar-refractivity contribution in [2.75, 3.05) is 26.2 Å². The lowest BCUT2D eigenvalue weighted by molar-refractivity contribution is -0.144. The Hall–Kier alpha value is -1.89. The highest BCUT2D eigenvalue weighted by Gasteiger charge is 2.42. The number of hydrogen-bond donors (Lipinski definition) is 2. The third-order valence-electron chi connectivity index (χ3n) is 5.62. The zero-order chi connectivity index (χ0) is 18.1. The number of aromatic nitrogens is 2. The summed E-state index contributed by atoms with van der Waals surface area (Å²) in [5.41, 5.74) is 6.34. The molecule has 0 aliphatic carbocycles. The number of hydrogen-bond acceptors (Lipinski definition) is 4. The zero-order valence-electron chi connectivity index (χ0n) is 15.3. The van der Waals surface area contributed by atoms with Gasteiger partial charge in [-0.15, -0.1) is 0 Å². The van der Waals surface area contributed by atoms with E-state index < -0.39 is 5.54 Å². The van der Waals surface area contributed by atoms with E-state index in [1.165, 1.54) is 0 Å². The first-order valence-corrected chi connectivity index (χ1v) is 9.12. The number of H-pyrrole nitrogens is 1. The van der Waals surface area contributed by atoms with Gasteiger partial charge < -0.3 is 20.5 Å². The van der Waals surface area contributed by atoms with E-state index in [-0.39, 0.29) is 17.2 Å². The molecular formula is C18H29N5O2. The molecule has 25 heavy (non-hydrogen) atoms. The molecule has 2 aliphatic rings. The van der Waals surface area contributed by atoms with E-state index in [1.807, 2.05) is 16.0 Å². The van der Waals surface area contributed by atoms with Crippen molar-refractivity contribution in [3.63, 3.8) is 0 Å². The third kappa shape index (κ3) is 4.03. The Morgan fingerprint density at radius 3 is 2.68 bits per heavy atom. The molecule has 2 fully saturated rings. The van der Waals surface area contributed by atoms with Gasteiger partial charge in [-0.25, -0.2) is 4.98 Å². The molecule has 1 aromatic heterocycles. The summed E-state index contributed by atoms with van der Waals surface area (Å²) in [6.07, 6.45) is 7.71. The van der Waals surface area contributed by atoms with Crippen molar-refractivity contribution < 1.29 is 9.59 Å². The highest BCUT2D eigenvalue weighted by Crippen LogP contribution is 2.40. The SMILES string of the molecule is CC(C)(N)C(=O)N1CCC2(CCC(=O)N(CCc3cnc[nH]3)C2)CC1. The Bertz CT molecular complexity index is 612. The van der Waals surface area contributed by atoms with Crippen LogP contribution in [0.3, 0.4) is 0 Å². The van der Waals surface area contributed by atoms with E-state index in [4.69, 9.17) is 5.73 Å². The summed E-state index contributed by atoms with van der Waals surface area (Å²) in [6, 6.07) is 0. The smallest absolute Gasteiger partial charge is 0.242 e. The Labute approximate surface area is 149 Å². The van der Waals surface area contributed by atoms with Gasteiger partial charge in [0.1, 0.15) is 0 Å². The normalized spacial score (nSPS) is 21.0. The number of likely N-dealkylation sites (tertiary alicyclic amines) is 2. The van der Waals surface area contributed by atoms with E-state index >= 15 is 0 Å². The molecule has 0 saturated carbocycles. The number of piperidine rings is 2. The first-order chi connectivity index (χ1) is 11.8. The number of nitrogens with two attached hydrogens (primary N) is 1. The van der Waals surface area contributed by atoms with E-state index in [0.717, 1.165) is 57.6 Å². The minimum Gasteiger partial charge on any atom is -0.348 e. The Kier molecular flexibility index (Phi) is 4.86. The van der Waals surface area contributed by atoms with Crippen molar-refractivity contribution in [3.05, 3.63) is 18.2 Å². The molecule has 7 heteroatoms. The van der Waals surface area contributed by atoms with Crippen molar-refractivity contribution >= 4 is 11.8 Å². The lowest BCUT2D eigenvalue weighted by atomic mass is 9.72. The fourth-order valence-corrected chi connectivity index (χ4v) is 3.98. The number of amides is 2. The molecular weight excluding hydrogens is 318 g/mol. The summed E-state index contributed by atoms with van der Waals surface area (Å²) in [4.78, 5) is 35.7. The zero-order valence-corrected chi connectivity index (χ0v) is 15.3. The molecule has 0 atom stereocenters. The van der Waals surface area contributed by atoms with Gasteiger partial charge in [0.2, 0.25) is 11.8 Å². The summed E-state index contributed by atoms with van der Waals surface area (Å²) in [7, 11) is 0. The molecule has 2 aliphatic heterocycles. The second-order valence-electron chi connectivity index (χ2n) is 8.16. The van der Waals surface area contributed by atoms with Crippen LogP contribution in [-0.2, 0) is 16.0 Å². The standard InChI is InChI=1S/C18H29N5O2/c1-17(2,19)16(25)22-9-6-18(7-10-22)5-3-15(24)23(12-18)8-4-14-11-20-13-21-14/h11,13H,3-10,12,19H2,1-2H3,(H,20,21). The Balaban J connectivity index is 1.57. The third-order valence-corrected chi connectivity index (χ3v) is 5.62. The van der Waals surface area contributed by atoms with Crippen molar-refractivity contribution in [2.24, 2.45) is 11.1 Å². The fourth-order valence-electron chi connectivity index (χ4n) is 3.98. The van der Waals surface area contributed by atoms with Crippen molar-refractivity contribution in [1.29, 1.82) is 0 Å².